The third-order valence-electron chi connectivity index (χ3n) is 3.51. The first kappa shape index (κ1) is 13.8. The van der Waals surface area contributed by atoms with Crippen LogP contribution in [0.15, 0.2) is 34.2 Å². The predicted octanol–water partition coefficient (Wildman–Crippen LogP) is 0.574. The monoisotopic (exact) mass is 328 g/mol. The number of nitrogens with two attached hydrogens (primary N) is 1. The van der Waals surface area contributed by atoms with Crippen LogP contribution >= 0.6 is 11.8 Å². The van der Waals surface area contributed by atoms with Crippen LogP contribution in [0.5, 0.6) is 0 Å². The largest absolute Gasteiger partial charge is 0.368 e. The number of nitrogens with one attached hydrogen (secondary N) is 1. The molecule has 3 N–H and O–H groups in total. The summed E-state index contributed by atoms with van der Waals surface area (Å²) < 4.78 is 3.37. The number of nitrogen functional groups attached to an aromatic ring is 1. The van der Waals surface area contributed by atoms with Crippen LogP contribution in [-0.2, 0) is 12.8 Å². The van der Waals surface area contributed by atoms with Gasteiger partial charge in [0.1, 0.15) is 5.82 Å². The molecule has 0 saturated heterocycles. The van der Waals surface area contributed by atoms with Crippen LogP contribution in [0.4, 0.5) is 5.95 Å². The minimum Gasteiger partial charge on any atom is -0.368 e. The number of thioether (sulfide) groups is 1. The van der Waals surface area contributed by atoms with E-state index in [1.54, 1.807) is 13.1 Å². The minimum atomic E-state index is -0.0959. The molecule has 23 heavy (non-hydrogen) atoms. The topological polar surface area (TPSA) is 120 Å². The lowest BCUT2D eigenvalue weighted by molar-refractivity contribution is 0.857. The van der Waals surface area contributed by atoms with Crippen molar-refractivity contribution in [2.75, 3.05) is 5.73 Å². The minimum absolute atomic E-state index is 0.0959. The van der Waals surface area contributed by atoms with Crippen LogP contribution in [-0.4, -0.2) is 34.3 Å². The summed E-state index contributed by atoms with van der Waals surface area (Å²) in [6.07, 6.45) is 0. The van der Waals surface area contributed by atoms with Crippen molar-refractivity contribution in [3.8, 4) is 0 Å². The molecule has 1 aromatic carbocycles. The van der Waals surface area contributed by atoms with Gasteiger partial charge in [-0.3, -0.25) is 13.8 Å². The number of rotatable bonds is 3. The number of benzene rings is 1. The lowest BCUT2D eigenvalue weighted by Crippen LogP contribution is -2.20. The number of aromatic nitrogens is 7. The Morgan fingerprint density at radius 2 is 2.13 bits per heavy atom. The van der Waals surface area contributed by atoms with E-state index in [1.165, 1.54) is 16.3 Å². The van der Waals surface area contributed by atoms with Crippen LogP contribution in [0.2, 0.25) is 0 Å². The Morgan fingerprint density at radius 1 is 1.30 bits per heavy atom. The van der Waals surface area contributed by atoms with Crippen molar-refractivity contribution in [2.45, 2.75) is 10.9 Å². The Labute approximate surface area is 133 Å². The molecule has 10 heteroatoms. The van der Waals surface area contributed by atoms with E-state index in [0.717, 1.165) is 5.52 Å². The molecule has 4 aromatic rings. The van der Waals surface area contributed by atoms with Gasteiger partial charge in [0.05, 0.1) is 16.7 Å². The molecule has 3 aromatic heterocycles. The SMILES string of the molecule is Cn1c(=O)c2ccccc2n2c(CSc3n[nH]c(N)n3)nnc12. The number of anilines is 1. The van der Waals surface area contributed by atoms with E-state index >= 15 is 0 Å². The van der Waals surface area contributed by atoms with Gasteiger partial charge in [-0.2, -0.15) is 4.98 Å². The van der Waals surface area contributed by atoms with Crippen LogP contribution in [0, 0.1) is 0 Å². The molecule has 0 aliphatic heterocycles. The molecule has 3 heterocycles. The summed E-state index contributed by atoms with van der Waals surface area (Å²) in [5.74, 6) is 1.98. The van der Waals surface area contributed by atoms with Crippen LogP contribution in [0.3, 0.4) is 0 Å². The summed E-state index contributed by atoms with van der Waals surface area (Å²) in [7, 11) is 1.69. The number of aromatic amines is 1. The predicted molar refractivity (Wildman–Crippen MR) is 86.1 cm³/mol. The van der Waals surface area contributed by atoms with E-state index in [0.29, 0.717) is 27.9 Å². The molecular weight excluding hydrogens is 316 g/mol. The maximum atomic E-state index is 12.4. The van der Waals surface area contributed by atoms with Gasteiger partial charge in [0.15, 0.2) is 0 Å². The Bertz CT molecular complexity index is 1080. The third-order valence-corrected chi connectivity index (χ3v) is 4.35. The smallest absolute Gasteiger partial charge is 0.262 e. The van der Waals surface area contributed by atoms with Crippen molar-refractivity contribution in [2.24, 2.45) is 7.05 Å². The van der Waals surface area contributed by atoms with E-state index in [4.69, 9.17) is 5.73 Å². The van der Waals surface area contributed by atoms with Gasteiger partial charge in [0.2, 0.25) is 16.9 Å². The lowest BCUT2D eigenvalue weighted by atomic mass is 10.2. The molecule has 0 aliphatic carbocycles. The van der Waals surface area contributed by atoms with Gasteiger partial charge >= 0.3 is 0 Å². The summed E-state index contributed by atoms with van der Waals surface area (Å²) in [6.45, 7) is 0. The van der Waals surface area contributed by atoms with Crippen molar-refractivity contribution in [3.63, 3.8) is 0 Å². The van der Waals surface area contributed by atoms with Gasteiger partial charge in [0.25, 0.3) is 5.56 Å². The van der Waals surface area contributed by atoms with E-state index in [-0.39, 0.29) is 11.5 Å². The molecule has 0 amide bonds. The number of para-hydroxylation sites is 1. The highest BCUT2D eigenvalue weighted by molar-refractivity contribution is 7.98. The first-order valence-electron chi connectivity index (χ1n) is 6.77. The molecule has 9 nitrogen and oxygen atoms in total. The third kappa shape index (κ3) is 2.14. The summed E-state index contributed by atoms with van der Waals surface area (Å²) in [6, 6.07) is 7.40. The Morgan fingerprint density at radius 3 is 2.91 bits per heavy atom. The highest BCUT2D eigenvalue weighted by Gasteiger charge is 2.15. The molecule has 0 saturated carbocycles. The van der Waals surface area contributed by atoms with Crippen LogP contribution in [0.25, 0.3) is 16.7 Å². The van der Waals surface area contributed by atoms with Crippen molar-refractivity contribution < 1.29 is 0 Å². The second-order valence-electron chi connectivity index (χ2n) is 4.92. The maximum absolute atomic E-state index is 12.4. The first-order valence-corrected chi connectivity index (χ1v) is 7.76. The Hall–Kier alpha value is -2.88. The fraction of sp³-hybridized carbons (Fsp3) is 0.154. The molecule has 0 bridgehead atoms. The Balaban J connectivity index is 1.86. The van der Waals surface area contributed by atoms with Gasteiger partial charge in [0, 0.05) is 7.05 Å². The van der Waals surface area contributed by atoms with Crippen molar-refractivity contribution in [1.29, 1.82) is 0 Å². The van der Waals surface area contributed by atoms with Crippen molar-refractivity contribution in [1.82, 2.24) is 34.3 Å². The lowest BCUT2D eigenvalue weighted by Gasteiger charge is -2.07. The molecule has 0 spiro atoms. The molecule has 4 rings (SSSR count). The molecule has 116 valence electrons. The van der Waals surface area contributed by atoms with E-state index < -0.39 is 0 Å². The van der Waals surface area contributed by atoms with Gasteiger partial charge < -0.3 is 5.73 Å². The van der Waals surface area contributed by atoms with Gasteiger partial charge in [-0.05, 0) is 12.1 Å². The molecule has 0 radical (unpaired) electrons. The molecule has 0 unspecified atom stereocenters. The van der Waals surface area contributed by atoms with E-state index in [9.17, 15) is 4.79 Å². The zero-order valence-corrected chi connectivity index (χ0v) is 12.9. The summed E-state index contributed by atoms with van der Waals surface area (Å²) >= 11 is 1.39. The number of aryl methyl sites for hydroxylation is 1. The number of hydrogen-bond acceptors (Lipinski definition) is 7. The summed E-state index contributed by atoms with van der Waals surface area (Å²) in [5, 5.41) is 16.1. The zero-order chi connectivity index (χ0) is 16.0. The summed E-state index contributed by atoms with van der Waals surface area (Å²) in [4.78, 5) is 16.4. The number of fused-ring (bicyclic) bond motifs is 3. The fourth-order valence-corrected chi connectivity index (χ4v) is 3.16. The van der Waals surface area contributed by atoms with Crippen LogP contribution < -0.4 is 11.3 Å². The second-order valence-corrected chi connectivity index (χ2v) is 5.87. The van der Waals surface area contributed by atoms with Gasteiger partial charge in [-0.15, -0.1) is 15.3 Å². The molecule has 0 atom stereocenters. The average Bonchev–Trinajstić information content (AvgIpc) is 3.17. The average molecular weight is 328 g/mol. The van der Waals surface area contributed by atoms with Crippen molar-refractivity contribution in [3.05, 3.63) is 40.4 Å². The normalized spacial score (nSPS) is 11.5. The van der Waals surface area contributed by atoms with E-state index in [1.807, 2.05) is 22.6 Å². The zero-order valence-electron chi connectivity index (χ0n) is 12.1. The first-order chi connectivity index (χ1) is 11.1. The standard InChI is InChI=1S/C13H12N8OS/c1-20-10(22)7-4-2-3-5-8(7)21-9(16-19-13(20)21)6-23-12-15-11(14)17-18-12/h2-5H,6H2,1H3,(H3,14,15,17,18). The van der Waals surface area contributed by atoms with Crippen molar-refractivity contribution >= 4 is 34.4 Å². The highest BCUT2D eigenvalue weighted by atomic mass is 32.2. The molecular formula is C13H12N8OS. The highest BCUT2D eigenvalue weighted by Crippen LogP contribution is 2.21. The maximum Gasteiger partial charge on any atom is 0.262 e. The summed E-state index contributed by atoms with van der Waals surface area (Å²) in [5.41, 5.74) is 6.20. The quantitative estimate of drug-likeness (QED) is 0.528. The molecule has 0 fully saturated rings. The van der Waals surface area contributed by atoms with Gasteiger partial charge in [-0.1, -0.05) is 23.9 Å². The van der Waals surface area contributed by atoms with Gasteiger partial charge in [-0.25, -0.2) is 5.10 Å². The van der Waals surface area contributed by atoms with E-state index in [2.05, 4.69) is 25.4 Å². The number of nitrogens with zero attached hydrogens (tertiary/aromatic N) is 6. The van der Waals surface area contributed by atoms with Crippen LogP contribution in [0.1, 0.15) is 5.82 Å². The fourth-order valence-electron chi connectivity index (χ4n) is 2.44. The molecule has 0 aliphatic rings. The number of hydrogen-bond donors (Lipinski definition) is 2. The number of H-pyrrole nitrogens is 1. The Kier molecular flexibility index (Phi) is 3.05. The second kappa shape index (κ2) is 5.09.